The molecule has 1 aliphatic rings. The Morgan fingerprint density at radius 2 is 1.67 bits per heavy atom. The second kappa shape index (κ2) is 9.35. The molecule has 0 radical (unpaired) electrons. The highest BCUT2D eigenvalue weighted by Crippen LogP contribution is 2.24. The minimum Gasteiger partial charge on any atom is -0.195 e. The minimum atomic E-state index is -3.35. The van der Waals surface area contributed by atoms with E-state index in [-0.39, 0.29) is 0 Å². The summed E-state index contributed by atoms with van der Waals surface area (Å²) in [5.74, 6) is 0. The SMILES string of the molecule is CCCCN(CCCC)S(=O)(=O)N1CC=C(c2ccccc2)CC1. The summed E-state index contributed by atoms with van der Waals surface area (Å²) in [5.41, 5.74) is 2.44. The van der Waals surface area contributed by atoms with Gasteiger partial charge in [0.1, 0.15) is 0 Å². The van der Waals surface area contributed by atoms with Gasteiger partial charge in [0.15, 0.2) is 0 Å². The van der Waals surface area contributed by atoms with Crippen molar-refractivity contribution in [1.29, 1.82) is 0 Å². The van der Waals surface area contributed by atoms with Gasteiger partial charge in [-0.2, -0.15) is 17.0 Å². The molecule has 0 spiro atoms. The quantitative estimate of drug-likeness (QED) is 0.677. The van der Waals surface area contributed by atoms with E-state index in [9.17, 15) is 8.42 Å². The smallest absolute Gasteiger partial charge is 0.195 e. The van der Waals surface area contributed by atoms with Crippen molar-refractivity contribution in [2.75, 3.05) is 26.2 Å². The van der Waals surface area contributed by atoms with E-state index in [4.69, 9.17) is 0 Å². The largest absolute Gasteiger partial charge is 0.282 e. The van der Waals surface area contributed by atoms with E-state index in [2.05, 4.69) is 32.1 Å². The molecular formula is C19H30N2O2S. The zero-order chi connectivity index (χ0) is 17.4. The van der Waals surface area contributed by atoms with E-state index in [0.29, 0.717) is 26.2 Å². The van der Waals surface area contributed by atoms with Crippen LogP contribution in [-0.2, 0) is 10.2 Å². The van der Waals surface area contributed by atoms with E-state index in [1.54, 1.807) is 8.61 Å². The van der Waals surface area contributed by atoms with Crippen molar-refractivity contribution in [2.45, 2.75) is 46.0 Å². The average molecular weight is 351 g/mol. The van der Waals surface area contributed by atoms with E-state index < -0.39 is 10.2 Å². The monoisotopic (exact) mass is 350 g/mol. The Kier molecular flexibility index (Phi) is 7.46. The highest BCUT2D eigenvalue weighted by Gasteiger charge is 2.30. The van der Waals surface area contributed by atoms with Gasteiger partial charge in [-0.05, 0) is 30.4 Å². The van der Waals surface area contributed by atoms with Gasteiger partial charge < -0.3 is 0 Å². The lowest BCUT2D eigenvalue weighted by Gasteiger charge is -2.32. The van der Waals surface area contributed by atoms with Crippen LogP contribution >= 0.6 is 0 Å². The molecule has 0 aliphatic carbocycles. The van der Waals surface area contributed by atoms with Crippen molar-refractivity contribution in [3.8, 4) is 0 Å². The zero-order valence-corrected chi connectivity index (χ0v) is 15.8. The maximum Gasteiger partial charge on any atom is 0.282 e. The molecule has 0 saturated heterocycles. The number of hydrogen-bond donors (Lipinski definition) is 0. The number of unbranched alkanes of at least 4 members (excludes halogenated alkanes) is 2. The van der Waals surface area contributed by atoms with Crippen molar-refractivity contribution in [3.05, 3.63) is 42.0 Å². The molecule has 5 heteroatoms. The Morgan fingerprint density at radius 1 is 1.04 bits per heavy atom. The number of benzene rings is 1. The molecule has 1 aromatic carbocycles. The van der Waals surface area contributed by atoms with Gasteiger partial charge in [-0.25, -0.2) is 0 Å². The van der Waals surface area contributed by atoms with Crippen molar-refractivity contribution in [3.63, 3.8) is 0 Å². The number of nitrogens with zero attached hydrogens (tertiary/aromatic N) is 2. The predicted molar refractivity (Wildman–Crippen MR) is 101 cm³/mol. The second-order valence-electron chi connectivity index (χ2n) is 6.32. The second-order valence-corrected chi connectivity index (χ2v) is 8.25. The van der Waals surface area contributed by atoms with Crippen LogP contribution in [0.4, 0.5) is 0 Å². The summed E-state index contributed by atoms with van der Waals surface area (Å²) in [5, 5.41) is 0. The lowest BCUT2D eigenvalue weighted by Crippen LogP contribution is -2.46. The van der Waals surface area contributed by atoms with Crippen LogP contribution in [0.25, 0.3) is 5.57 Å². The Balaban J connectivity index is 2.07. The normalized spacial score (nSPS) is 16.4. The van der Waals surface area contributed by atoms with Crippen LogP contribution in [-0.4, -0.2) is 43.2 Å². The van der Waals surface area contributed by atoms with Crippen molar-refractivity contribution in [2.24, 2.45) is 0 Å². The molecule has 0 N–H and O–H groups in total. The lowest BCUT2D eigenvalue weighted by molar-refractivity contribution is 0.339. The third-order valence-electron chi connectivity index (χ3n) is 4.49. The van der Waals surface area contributed by atoms with E-state index >= 15 is 0 Å². The van der Waals surface area contributed by atoms with E-state index in [0.717, 1.165) is 32.1 Å². The molecular weight excluding hydrogens is 320 g/mol. The van der Waals surface area contributed by atoms with Gasteiger partial charge in [-0.15, -0.1) is 0 Å². The first kappa shape index (κ1) is 19.2. The third kappa shape index (κ3) is 4.91. The summed E-state index contributed by atoms with van der Waals surface area (Å²) >= 11 is 0. The molecule has 0 unspecified atom stereocenters. The van der Waals surface area contributed by atoms with Crippen LogP contribution in [0.15, 0.2) is 36.4 Å². The predicted octanol–water partition coefficient (Wildman–Crippen LogP) is 3.92. The molecule has 2 rings (SSSR count). The molecule has 4 nitrogen and oxygen atoms in total. The van der Waals surface area contributed by atoms with E-state index in [1.165, 1.54) is 11.1 Å². The number of hydrogen-bond acceptors (Lipinski definition) is 2. The van der Waals surface area contributed by atoms with Gasteiger partial charge >= 0.3 is 0 Å². The average Bonchev–Trinajstić information content (AvgIpc) is 2.62. The molecule has 0 fully saturated rings. The first-order valence-corrected chi connectivity index (χ1v) is 10.5. The van der Waals surface area contributed by atoms with Crippen LogP contribution in [0.2, 0.25) is 0 Å². The standard InChI is InChI=1S/C19H30N2O2S/c1-3-5-14-20(15-6-4-2)24(22,23)21-16-12-19(13-17-21)18-10-8-7-9-11-18/h7-12H,3-6,13-17H2,1-2H3. The van der Waals surface area contributed by atoms with Crippen LogP contribution in [0.5, 0.6) is 0 Å². The molecule has 24 heavy (non-hydrogen) atoms. The van der Waals surface area contributed by atoms with Gasteiger partial charge in [-0.1, -0.05) is 63.1 Å². The van der Waals surface area contributed by atoms with Gasteiger partial charge in [0.05, 0.1) is 0 Å². The maximum absolute atomic E-state index is 13.0. The zero-order valence-electron chi connectivity index (χ0n) is 14.9. The fourth-order valence-electron chi connectivity index (χ4n) is 2.95. The Bertz CT molecular complexity index is 618. The molecule has 0 aromatic heterocycles. The topological polar surface area (TPSA) is 40.6 Å². The highest BCUT2D eigenvalue weighted by atomic mass is 32.2. The molecule has 1 aromatic rings. The van der Waals surface area contributed by atoms with Crippen molar-refractivity contribution in [1.82, 2.24) is 8.61 Å². The van der Waals surface area contributed by atoms with Gasteiger partial charge in [-0.3, -0.25) is 0 Å². The summed E-state index contributed by atoms with van der Waals surface area (Å²) in [6.45, 7) is 6.50. The summed E-state index contributed by atoms with van der Waals surface area (Å²) < 4.78 is 29.2. The summed E-state index contributed by atoms with van der Waals surface area (Å²) in [6, 6.07) is 10.2. The van der Waals surface area contributed by atoms with Gasteiger partial charge in [0, 0.05) is 26.2 Å². The molecule has 1 aliphatic heterocycles. The number of rotatable bonds is 9. The van der Waals surface area contributed by atoms with Crippen LogP contribution < -0.4 is 0 Å². The summed E-state index contributed by atoms with van der Waals surface area (Å²) in [7, 11) is -3.35. The van der Waals surface area contributed by atoms with Gasteiger partial charge in [0.2, 0.25) is 0 Å². The first-order valence-electron chi connectivity index (χ1n) is 9.09. The molecule has 0 saturated carbocycles. The minimum absolute atomic E-state index is 0.474. The maximum atomic E-state index is 13.0. The Morgan fingerprint density at radius 3 is 2.17 bits per heavy atom. The lowest BCUT2D eigenvalue weighted by atomic mass is 10.0. The van der Waals surface area contributed by atoms with Crippen LogP contribution in [0, 0.1) is 0 Å². The van der Waals surface area contributed by atoms with E-state index in [1.807, 2.05) is 18.2 Å². The Hall–Kier alpha value is -1.17. The molecule has 0 amide bonds. The third-order valence-corrected chi connectivity index (χ3v) is 6.49. The van der Waals surface area contributed by atoms with Crippen molar-refractivity contribution >= 4 is 15.8 Å². The van der Waals surface area contributed by atoms with Crippen LogP contribution in [0.3, 0.4) is 0 Å². The first-order chi connectivity index (χ1) is 11.6. The van der Waals surface area contributed by atoms with Gasteiger partial charge in [0.25, 0.3) is 10.2 Å². The summed E-state index contributed by atoms with van der Waals surface area (Å²) in [6.07, 6.45) is 6.70. The molecule has 134 valence electrons. The fraction of sp³-hybridized carbons (Fsp3) is 0.579. The molecule has 0 bridgehead atoms. The molecule has 0 atom stereocenters. The summed E-state index contributed by atoms with van der Waals surface area (Å²) in [4.78, 5) is 0. The fourth-order valence-corrected chi connectivity index (χ4v) is 4.58. The van der Waals surface area contributed by atoms with Crippen LogP contribution in [0.1, 0.15) is 51.5 Å². The Labute approximate surface area is 147 Å². The molecule has 1 heterocycles. The highest BCUT2D eigenvalue weighted by molar-refractivity contribution is 7.86. The van der Waals surface area contributed by atoms with Crippen molar-refractivity contribution < 1.29 is 8.42 Å².